The van der Waals surface area contributed by atoms with Gasteiger partial charge in [-0.15, -0.1) is 0 Å². The van der Waals surface area contributed by atoms with Gasteiger partial charge in [-0.25, -0.2) is 4.79 Å². The summed E-state index contributed by atoms with van der Waals surface area (Å²) in [6.45, 7) is 4.22. The number of rotatable bonds is 8. The molecule has 3 atom stereocenters. The molecule has 2 heterocycles. The van der Waals surface area contributed by atoms with Crippen LogP contribution in [-0.2, 0) is 24.3 Å². The Morgan fingerprint density at radius 1 is 0.946 bits per heavy atom. The van der Waals surface area contributed by atoms with Gasteiger partial charge >= 0.3 is 6.09 Å². The molecule has 0 bridgehead atoms. The van der Waals surface area contributed by atoms with Gasteiger partial charge < -0.3 is 14.9 Å². The monoisotopic (exact) mass is 497 g/mol. The van der Waals surface area contributed by atoms with E-state index >= 15 is 0 Å². The minimum absolute atomic E-state index is 0.0145. The highest BCUT2D eigenvalue weighted by molar-refractivity contribution is 6.01. The molecular weight excluding hydrogens is 462 g/mol. The number of piperidine rings is 1. The van der Waals surface area contributed by atoms with Gasteiger partial charge in [0.1, 0.15) is 0 Å². The molecule has 3 aromatic carbocycles. The zero-order chi connectivity index (χ0) is 25.8. The number of likely N-dealkylation sites (tertiary alicyclic amines) is 1. The molecule has 3 aromatic rings. The summed E-state index contributed by atoms with van der Waals surface area (Å²) in [5.41, 5.74) is 4.53. The summed E-state index contributed by atoms with van der Waals surface area (Å²) in [5.74, 6) is 0.122. The van der Waals surface area contributed by atoms with E-state index in [0.717, 1.165) is 24.3 Å². The smallest absolute Gasteiger partial charge is 0.407 e. The number of para-hydroxylation sites is 1. The molecular formula is C31H35N3O3. The first-order valence-electron chi connectivity index (χ1n) is 13.2. The van der Waals surface area contributed by atoms with E-state index in [4.69, 9.17) is 0 Å². The number of carbonyl (C=O) groups excluding carboxylic acids is 1. The first kappa shape index (κ1) is 25.0. The largest absolute Gasteiger partial charge is 0.465 e. The van der Waals surface area contributed by atoms with Crippen LogP contribution in [0.1, 0.15) is 42.9 Å². The number of benzene rings is 3. The summed E-state index contributed by atoms with van der Waals surface area (Å²) < 4.78 is 0. The maximum absolute atomic E-state index is 13.0. The van der Waals surface area contributed by atoms with Crippen molar-refractivity contribution >= 4 is 17.7 Å². The molecule has 6 heteroatoms. The van der Waals surface area contributed by atoms with Crippen molar-refractivity contribution in [2.45, 2.75) is 63.8 Å². The standard InChI is InChI=1S/C31H35N3O3/c1-23(32(21-24-10-4-2-5-11-24)22-25-12-6-3-7-13-25)18-28-20-27(16-17-33(28)31(36)37)34-29-15-9-8-14-26(29)19-30(34)35/h2-15,23,27-28H,16-22H2,1H3,(H,36,37). The van der Waals surface area contributed by atoms with Crippen molar-refractivity contribution in [2.75, 3.05) is 11.4 Å². The maximum atomic E-state index is 13.0. The van der Waals surface area contributed by atoms with Gasteiger partial charge in [-0.1, -0.05) is 78.9 Å². The van der Waals surface area contributed by atoms with Crippen molar-refractivity contribution in [3.05, 3.63) is 102 Å². The van der Waals surface area contributed by atoms with Crippen molar-refractivity contribution in [2.24, 2.45) is 0 Å². The lowest BCUT2D eigenvalue weighted by Gasteiger charge is -2.43. The second-order valence-corrected chi connectivity index (χ2v) is 10.3. The van der Waals surface area contributed by atoms with Crippen molar-refractivity contribution in [3.63, 3.8) is 0 Å². The minimum atomic E-state index is -0.874. The molecule has 0 spiro atoms. The van der Waals surface area contributed by atoms with Gasteiger partial charge in [-0.2, -0.15) is 0 Å². The van der Waals surface area contributed by atoms with Gasteiger partial charge in [-0.05, 0) is 48.9 Å². The Hall–Kier alpha value is -3.64. The molecule has 2 aliphatic rings. The molecule has 37 heavy (non-hydrogen) atoms. The summed E-state index contributed by atoms with van der Waals surface area (Å²) in [7, 11) is 0. The fraction of sp³-hybridized carbons (Fsp3) is 0.355. The number of nitrogens with zero attached hydrogens (tertiary/aromatic N) is 3. The average molecular weight is 498 g/mol. The summed E-state index contributed by atoms with van der Waals surface area (Å²) in [6.07, 6.45) is 1.59. The van der Waals surface area contributed by atoms with Crippen LogP contribution in [0.3, 0.4) is 0 Å². The summed E-state index contributed by atoms with van der Waals surface area (Å²) >= 11 is 0. The van der Waals surface area contributed by atoms with Gasteiger partial charge in [0.2, 0.25) is 5.91 Å². The van der Waals surface area contributed by atoms with Crippen LogP contribution in [0.15, 0.2) is 84.9 Å². The van der Waals surface area contributed by atoms with Crippen LogP contribution < -0.4 is 4.90 Å². The number of carboxylic acid groups (broad SMARTS) is 1. The van der Waals surface area contributed by atoms with Crippen molar-refractivity contribution in [3.8, 4) is 0 Å². The highest BCUT2D eigenvalue weighted by Crippen LogP contribution is 2.35. The minimum Gasteiger partial charge on any atom is -0.465 e. The molecule has 1 fully saturated rings. The molecule has 0 aromatic heterocycles. The van der Waals surface area contributed by atoms with Gasteiger partial charge in [-0.3, -0.25) is 9.69 Å². The highest BCUT2D eigenvalue weighted by atomic mass is 16.4. The average Bonchev–Trinajstić information content (AvgIpc) is 3.25. The van der Waals surface area contributed by atoms with E-state index in [-0.39, 0.29) is 24.0 Å². The SMILES string of the molecule is CC(CC1CC(N2C(=O)Cc3ccccc32)CCN1C(=O)O)N(Cc1ccccc1)Cc1ccccc1. The lowest BCUT2D eigenvalue weighted by molar-refractivity contribution is -0.118. The van der Waals surface area contributed by atoms with Crippen LogP contribution in [0.2, 0.25) is 0 Å². The molecule has 1 saturated heterocycles. The molecule has 3 unspecified atom stereocenters. The number of amides is 2. The van der Waals surface area contributed by atoms with E-state index in [1.165, 1.54) is 11.1 Å². The lowest BCUT2D eigenvalue weighted by atomic mass is 9.91. The number of carbonyl (C=O) groups is 2. The molecule has 0 radical (unpaired) electrons. The van der Waals surface area contributed by atoms with Gasteiger partial charge in [0.15, 0.2) is 0 Å². The third-order valence-electron chi connectivity index (χ3n) is 7.85. The van der Waals surface area contributed by atoms with E-state index < -0.39 is 6.09 Å². The van der Waals surface area contributed by atoms with Gasteiger partial charge in [0.25, 0.3) is 0 Å². The Kier molecular flexibility index (Phi) is 7.56. The molecule has 5 rings (SSSR count). The quantitative estimate of drug-likeness (QED) is 0.442. The topological polar surface area (TPSA) is 64.1 Å². The fourth-order valence-electron chi connectivity index (χ4n) is 5.96. The van der Waals surface area contributed by atoms with Gasteiger partial charge in [0, 0.05) is 43.4 Å². The van der Waals surface area contributed by atoms with Gasteiger partial charge in [0.05, 0.1) is 6.42 Å². The Morgan fingerprint density at radius 2 is 1.54 bits per heavy atom. The van der Waals surface area contributed by atoms with Crippen molar-refractivity contribution in [1.82, 2.24) is 9.80 Å². The Balaban J connectivity index is 1.35. The summed E-state index contributed by atoms with van der Waals surface area (Å²) in [6, 6.07) is 28.8. The third-order valence-corrected chi connectivity index (χ3v) is 7.85. The number of anilines is 1. The number of hydrogen-bond donors (Lipinski definition) is 1. The van der Waals surface area contributed by atoms with E-state index in [1.54, 1.807) is 4.90 Å². The summed E-state index contributed by atoms with van der Waals surface area (Å²) in [5, 5.41) is 10.0. The zero-order valence-electron chi connectivity index (χ0n) is 21.4. The lowest BCUT2D eigenvalue weighted by Crippen LogP contribution is -2.54. The van der Waals surface area contributed by atoms with Crippen LogP contribution in [0, 0.1) is 0 Å². The Morgan fingerprint density at radius 3 is 2.16 bits per heavy atom. The molecule has 2 aliphatic heterocycles. The maximum Gasteiger partial charge on any atom is 0.407 e. The van der Waals surface area contributed by atoms with Crippen LogP contribution >= 0.6 is 0 Å². The second-order valence-electron chi connectivity index (χ2n) is 10.3. The fourth-order valence-corrected chi connectivity index (χ4v) is 5.96. The predicted molar refractivity (Wildman–Crippen MR) is 145 cm³/mol. The zero-order valence-corrected chi connectivity index (χ0v) is 21.4. The molecule has 0 aliphatic carbocycles. The third kappa shape index (κ3) is 5.70. The molecule has 1 N–H and O–H groups in total. The van der Waals surface area contributed by atoms with Crippen molar-refractivity contribution in [1.29, 1.82) is 0 Å². The Bertz CT molecular complexity index is 1180. The van der Waals surface area contributed by atoms with Crippen LogP contribution in [0.25, 0.3) is 0 Å². The highest BCUT2D eigenvalue weighted by Gasteiger charge is 2.40. The van der Waals surface area contributed by atoms with Crippen molar-refractivity contribution < 1.29 is 14.7 Å². The molecule has 2 amide bonds. The second kappa shape index (κ2) is 11.2. The Labute approximate surface area is 219 Å². The predicted octanol–water partition coefficient (Wildman–Crippen LogP) is 5.57. The van der Waals surface area contributed by atoms with E-state index in [9.17, 15) is 14.7 Å². The first-order valence-corrected chi connectivity index (χ1v) is 13.2. The number of fused-ring (bicyclic) bond motifs is 1. The van der Waals surface area contributed by atoms with Crippen LogP contribution in [0.4, 0.5) is 10.5 Å². The first-order chi connectivity index (χ1) is 18.0. The molecule has 6 nitrogen and oxygen atoms in total. The summed E-state index contributed by atoms with van der Waals surface area (Å²) in [4.78, 5) is 31.2. The van der Waals surface area contributed by atoms with E-state index in [0.29, 0.717) is 32.2 Å². The van der Waals surface area contributed by atoms with E-state index in [1.807, 2.05) is 41.3 Å². The van der Waals surface area contributed by atoms with Crippen LogP contribution in [-0.4, -0.2) is 51.6 Å². The van der Waals surface area contributed by atoms with Crippen LogP contribution in [0.5, 0.6) is 0 Å². The molecule has 0 saturated carbocycles. The number of hydrogen-bond acceptors (Lipinski definition) is 3. The normalized spacial score (nSPS) is 20.2. The van der Waals surface area contributed by atoms with E-state index in [2.05, 4.69) is 60.4 Å². The molecule has 192 valence electrons.